The highest BCUT2D eigenvalue weighted by molar-refractivity contribution is 6.03. The van der Waals surface area contributed by atoms with E-state index in [4.69, 9.17) is 14.2 Å². The number of methoxy groups -OCH3 is 1. The Labute approximate surface area is 285 Å². The Hall–Kier alpha value is -4.51. The molecule has 2 atom stereocenters. The molecule has 6 rings (SSSR count). The number of benzene rings is 3. The Morgan fingerprint density at radius 3 is 2.41 bits per heavy atom. The Morgan fingerprint density at radius 1 is 0.980 bits per heavy atom. The summed E-state index contributed by atoms with van der Waals surface area (Å²) >= 11 is 0. The number of anilines is 2. The summed E-state index contributed by atoms with van der Waals surface area (Å²) in [6.45, 7) is 6.27. The zero-order valence-corrected chi connectivity index (χ0v) is 28.4. The number of alkyl halides is 2. The molecular formula is C38H43F2N3O6. The van der Waals surface area contributed by atoms with Crippen LogP contribution in [0, 0.1) is 5.92 Å². The van der Waals surface area contributed by atoms with E-state index >= 15 is 0 Å². The Balaban J connectivity index is 1.36. The van der Waals surface area contributed by atoms with Crippen LogP contribution in [-0.2, 0) is 19.1 Å². The molecule has 9 nitrogen and oxygen atoms in total. The first-order chi connectivity index (χ1) is 23.4. The van der Waals surface area contributed by atoms with Crippen LogP contribution >= 0.6 is 0 Å². The summed E-state index contributed by atoms with van der Waals surface area (Å²) in [5.74, 6) is -2.61. The topological polar surface area (TPSA) is 88.6 Å². The van der Waals surface area contributed by atoms with Gasteiger partial charge in [-0.1, -0.05) is 54.6 Å². The number of piperidine rings is 1. The molecule has 3 aromatic rings. The van der Waals surface area contributed by atoms with E-state index in [1.165, 1.54) is 13.2 Å². The molecule has 0 N–H and O–H groups in total. The van der Waals surface area contributed by atoms with Crippen molar-refractivity contribution in [3.05, 3.63) is 78.4 Å². The first-order valence-electron chi connectivity index (χ1n) is 16.8. The van der Waals surface area contributed by atoms with Gasteiger partial charge in [0.1, 0.15) is 5.60 Å². The van der Waals surface area contributed by atoms with E-state index in [1.807, 2.05) is 69.3 Å². The van der Waals surface area contributed by atoms with Crippen LogP contribution in [0.4, 0.5) is 25.0 Å². The van der Waals surface area contributed by atoms with Crippen LogP contribution in [0.15, 0.2) is 72.8 Å². The van der Waals surface area contributed by atoms with Crippen molar-refractivity contribution in [3.8, 4) is 16.9 Å². The highest BCUT2D eigenvalue weighted by Crippen LogP contribution is 2.45. The number of rotatable bonds is 9. The van der Waals surface area contributed by atoms with Gasteiger partial charge in [-0.25, -0.2) is 4.79 Å². The summed E-state index contributed by atoms with van der Waals surface area (Å²) in [4.78, 5) is 45.4. The van der Waals surface area contributed by atoms with Crippen molar-refractivity contribution in [2.75, 3.05) is 43.2 Å². The van der Waals surface area contributed by atoms with Crippen molar-refractivity contribution in [2.24, 2.45) is 5.92 Å². The van der Waals surface area contributed by atoms with E-state index in [1.54, 1.807) is 21.9 Å². The fraction of sp³-hybridized carbons (Fsp3) is 0.447. The van der Waals surface area contributed by atoms with E-state index in [9.17, 15) is 23.2 Å². The lowest BCUT2D eigenvalue weighted by Crippen LogP contribution is -2.52. The number of amides is 3. The number of hydrogen-bond acceptors (Lipinski definition) is 6. The number of carbonyl (C=O) groups excluding carboxylic acids is 3. The van der Waals surface area contributed by atoms with Gasteiger partial charge in [0.15, 0.2) is 5.75 Å². The van der Waals surface area contributed by atoms with Crippen LogP contribution in [-0.4, -0.2) is 73.9 Å². The van der Waals surface area contributed by atoms with E-state index in [2.05, 4.69) is 6.07 Å². The third-order valence-corrected chi connectivity index (χ3v) is 9.13. The van der Waals surface area contributed by atoms with Gasteiger partial charge in [0, 0.05) is 45.1 Å². The van der Waals surface area contributed by atoms with Gasteiger partial charge >= 0.3 is 18.1 Å². The van der Waals surface area contributed by atoms with Crippen LogP contribution in [0.5, 0.6) is 5.75 Å². The van der Waals surface area contributed by atoms with Crippen molar-refractivity contribution in [2.45, 2.75) is 70.1 Å². The van der Waals surface area contributed by atoms with Crippen LogP contribution in [0.25, 0.3) is 11.1 Å². The van der Waals surface area contributed by atoms with Gasteiger partial charge < -0.3 is 28.9 Å². The number of ether oxygens (including phenoxy) is 3. The zero-order chi connectivity index (χ0) is 34.9. The minimum Gasteiger partial charge on any atom is -0.444 e. The molecule has 0 spiro atoms. The average Bonchev–Trinajstić information content (AvgIpc) is 3.91. The number of fused-ring (bicyclic) bond motifs is 1. The molecule has 2 fully saturated rings. The van der Waals surface area contributed by atoms with Gasteiger partial charge in [-0.2, -0.15) is 8.78 Å². The summed E-state index contributed by atoms with van der Waals surface area (Å²) in [6.07, 6.45) is -2.07. The second kappa shape index (κ2) is 13.8. The van der Waals surface area contributed by atoms with Crippen molar-refractivity contribution >= 4 is 29.3 Å². The summed E-state index contributed by atoms with van der Waals surface area (Å²) in [5, 5.41) is 0. The van der Waals surface area contributed by atoms with E-state index < -0.39 is 29.6 Å². The van der Waals surface area contributed by atoms with Gasteiger partial charge in [-0.3, -0.25) is 9.59 Å². The number of halogens is 2. The maximum absolute atomic E-state index is 14.9. The lowest BCUT2D eigenvalue weighted by molar-refractivity contribution is -0.192. The normalized spacial score (nSPS) is 20.3. The molecule has 2 heterocycles. The largest absolute Gasteiger partial charge is 0.482 e. The molecule has 260 valence electrons. The predicted molar refractivity (Wildman–Crippen MR) is 182 cm³/mol. The van der Waals surface area contributed by atoms with E-state index in [-0.39, 0.29) is 49.0 Å². The highest BCUT2D eigenvalue weighted by Gasteiger charge is 2.51. The molecule has 3 aliphatic rings. The Morgan fingerprint density at radius 2 is 1.71 bits per heavy atom. The first-order valence-corrected chi connectivity index (χ1v) is 16.8. The van der Waals surface area contributed by atoms with Crippen molar-refractivity contribution in [1.29, 1.82) is 0 Å². The quantitative estimate of drug-likeness (QED) is 0.222. The third-order valence-electron chi connectivity index (χ3n) is 9.13. The fourth-order valence-corrected chi connectivity index (χ4v) is 6.69. The smallest absolute Gasteiger partial charge is 0.444 e. The molecule has 0 aromatic heterocycles. The molecule has 11 heteroatoms. The van der Waals surface area contributed by atoms with Crippen LogP contribution in [0.3, 0.4) is 0 Å². The maximum atomic E-state index is 14.9. The second-order valence-corrected chi connectivity index (χ2v) is 13.9. The number of nitrogens with zero attached hydrogens (tertiary/aromatic N) is 3. The summed E-state index contributed by atoms with van der Waals surface area (Å²) in [7, 11) is 1.50. The molecule has 1 saturated carbocycles. The molecule has 3 amide bonds. The standard InChI is InChI=1S/C38H43F2N3O6/c1-37(2,3)49-36(46)41-20-18-30(27-13-8-12-26(22-27)25-10-6-5-7-11-25)31(24-41)34(44)43(28-14-15-28)29-16-17-33-32(23-29)42(19-9-21-47-4)35(45)38(39,40)48-33/h5-8,10-13,16-17,22-23,28,30-31H,9,14-15,18-21,24H2,1-4H3/t30-,31?/m1/s1. The molecule has 2 aliphatic heterocycles. The van der Waals surface area contributed by atoms with Gasteiger partial charge in [0.2, 0.25) is 5.91 Å². The Bertz CT molecular complexity index is 1690. The van der Waals surface area contributed by atoms with Gasteiger partial charge in [0.25, 0.3) is 0 Å². The van der Waals surface area contributed by atoms with Crippen LogP contribution < -0.4 is 14.5 Å². The monoisotopic (exact) mass is 675 g/mol. The summed E-state index contributed by atoms with van der Waals surface area (Å²) in [6, 6.07) is 22.7. The van der Waals surface area contributed by atoms with Crippen molar-refractivity contribution in [3.63, 3.8) is 0 Å². The molecule has 1 unspecified atom stereocenters. The SMILES string of the molecule is COCCCN1C(=O)C(F)(F)Oc2ccc(N(C(=O)C3CN(C(=O)OC(C)(C)C)CC[C@@H]3c3cccc(-c4ccccc4)c3)C3CC3)cc21. The van der Waals surface area contributed by atoms with Crippen molar-refractivity contribution < 1.29 is 37.4 Å². The lowest BCUT2D eigenvalue weighted by atomic mass is 9.79. The van der Waals surface area contributed by atoms with Crippen molar-refractivity contribution in [1.82, 2.24) is 4.90 Å². The molecule has 0 bridgehead atoms. The summed E-state index contributed by atoms with van der Waals surface area (Å²) < 4.78 is 44.8. The van der Waals surface area contributed by atoms with Gasteiger partial charge in [0.05, 0.1) is 11.6 Å². The molecule has 3 aromatic carbocycles. The second-order valence-electron chi connectivity index (χ2n) is 13.9. The minimum atomic E-state index is -4.01. The summed E-state index contributed by atoms with van der Waals surface area (Å²) in [5.41, 5.74) is 3.04. The Kier molecular flexibility index (Phi) is 9.66. The van der Waals surface area contributed by atoms with Crippen LogP contribution in [0.2, 0.25) is 0 Å². The number of likely N-dealkylation sites (tertiary alicyclic amines) is 1. The molecule has 49 heavy (non-hydrogen) atoms. The highest BCUT2D eigenvalue weighted by atomic mass is 19.3. The third kappa shape index (κ3) is 7.56. The van der Waals surface area contributed by atoms with E-state index in [0.29, 0.717) is 25.1 Å². The molecule has 1 saturated heterocycles. The lowest BCUT2D eigenvalue weighted by Gasteiger charge is -2.41. The van der Waals surface area contributed by atoms with Crippen LogP contribution in [0.1, 0.15) is 57.9 Å². The minimum absolute atomic E-state index is 0.00719. The van der Waals surface area contributed by atoms with E-state index in [0.717, 1.165) is 34.4 Å². The molecule has 1 aliphatic carbocycles. The average molecular weight is 676 g/mol. The van der Waals surface area contributed by atoms with Gasteiger partial charge in [-0.05, 0) is 87.3 Å². The maximum Gasteiger partial charge on any atom is 0.482 e. The molecular weight excluding hydrogens is 632 g/mol. The number of hydrogen-bond donors (Lipinski definition) is 0. The van der Waals surface area contributed by atoms with Gasteiger partial charge in [-0.15, -0.1) is 0 Å². The predicted octanol–water partition coefficient (Wildman–Crippen LogP) is 7.24. The fourth-order valence-electron chi connectivity index (χ4n) is 6.69. The molecule has 0 radical (unpaired) electrons. The zero-order valence-electron chi connectivity index (χ0n) is 28.4. The number of carbonyl (C=O) groups is 3. The first kappa shape index (κ1) is 34.4.